The van der Waals surface area contributed by atoms with Gasteiger partial charge in [0.15, 0.2) is 0 Å². The molecular weight excluding hydrogens is 626 g/mol. The highest BCUT2D eigenvalue weighted by Gasteiger charge is 2.10. The van der Waals surface area contributed by atoms with E-state index in [2.05, 4.69) is 68.9 Å². The number of halogens is 4. The Kier molecular flexibility index (Phi) is 14.6. The van der Waals surface area contributed by atoms with Crippen LogP contribution in [0.4, 0.5) is 0 Å². The minimum absolute atomic E-state index is 0.463. The second-order valence-corrected chi connectivity index (χ2v) is 10.4. The quantitative estimate of drug-likeness (QED) is 0.121. The van der Waals surface area contributed by atoms with Crippen LogP contribution in [0, 0.1) is 0 Å². The Labute approximate surface area is 200 Å². The van der Waals surface area contributed by atoms with Gasteiger partial charge in [-0.2, -0.15) is 0 Å². The van der Waals surface area contributed by atoms with E-state index in [0.29, 0.717) is 26.4 Å². The summed E-state index contributed by atoms with van der Waals surface area (Å²) in [6, 6.07) is 3.80. The van der Waals surface area contributed by atoms with Crippen LogP contribution < -0.4 is 9.47 Å². The fraction of sp³-hybridized carbons (Fsp3) is 0.526. The Hall–Kier alpha value is -0.0900. The Bertz CT molecular complexity index is 622. The SMILES string of the molecule is CC(C)=NOCCOCCCCCOc1c(Br)cc(OCC=C(Br)Br)cc1Br. The van der Waals surface area contributed by atoms with E-state index in [4.69, 9.17) is 19.0 Å². The first-order chi connectivity index (χ1) is 13.4. The highest BCUT2D eigenvalue weighted by molar-refractivity contribution is 9.28. The van der Waals surface area contributed by atoms with Crippen molar-refractivity contribution in [3.8, 4) is 11.5 Å². The lowest BCUT2D eigenvalue weighted by molar-refractivity contribution is 0.0488. The number of nitrogens with zero attached hydrogens (tertiary/aromatic N) is 1. The summed E-state index contributed by atoms with van der Waals surface area (Å²) >= 11 is 13.7. The van der Waals surface area contributed by atoms with Gasteiger partial charge in [-0.25, -0.2) is 0 Å². The summed E-state index contributed by atoms with van der Waals surface area (Å²) < 4.78 is 19.6. The number of hydrogen-bond acceptors (Lipinski definition) is 5. The van der Waals surface area contributed by atoms with Crippen LogP contribution in [0.15, 0.2) is 35.7 Å². The van der Waals surface area contributed by atoms with E-state index in [9.17, 15) is 0 Å². The third-order valence-electron chi connectivity index (χ3n) is 3.20. The number of unbranched alkanes of at least 4 members (excludes halogenated alkanes) is 2. The smallest absolute Gasteiger partial charge is 0.147 e. The highest BCUT2D eigenvalue weighted by atomic mass is 79.9. The molecule has 1 aromatic carbocycles. The van der Waals surface area contributed by atoms with Crippen LogP contribution in [0.25, 0.3) is 0 Å². The van der Waals surface area contributed by atoms with Gasteiger partial charge in [-0.1, -0.05) is 5.16 Å². The molecule has 1 aromatic rings. The number of benzene rings is 1. The van der Waals surface area contributed by atoms with Gasteiger partial charge in [-0.15, -0.1) is 0 Å². The van der Waals surface area contributed by atoms with Gasteiger partial charge in [0.25, 0.3) is 0 Å². The van der Waals surface area contributed by atoms with Crippen molar-refractivity contribution in [2.24, 2.45) is 5.16 Å². The highest BCUT2D eigenvalue weighted by Crippen LogP contribution is 2.37. The molecule has 0 heterocycles. The third-order valence-corrected chi connectivity index (χ3v) is 5.03. The van der Waals surface area contributed by atoms with Crippen LogP contribution in [-0.2, 0) is 9.57 Å². The molecule has 0 aromatic heterocycles. The summed E-state index contributed by atoms with van der Waals surface area (Å²) in [7, 11) is 0. The Morgan fingerprint density at radius 3 is 2.25 bits per heavy atom. The summed E-state index contributed by atoms with van der Waals surface area (Å²) in [6.07, 6.45) is 4.87. The van der Waals surface area contributed by atoms with Crippen LogP contribution >= 0.6 is 63.7 Å². The van der Waals surface area contributed by atoms with Crippen LogP contribution in [0.1, 0.15) is 33.1 Å². The molecule has 1 rings (SSSR count). The zero-order chi connectivity index (χ0) is 20.8. The molecule has 0 fully saturated rings. The van der Waals surface area contributed by atoms with Crippen molar-refractivity contribution in [3.63, 3.8) is 0 Å². The van der Waals surface area contributed by atoms with E-state index < -0.39 is 0 Å². The lowest BCUT2D eigenvalue weighted by atomic mass is 10.2. The molecule has 0 bridgehead atoms. The summed E-state index contributed by atoms with van der Waals surface area (Å²) in [5, 5.41) is 3.85. The molecule has 158 valence electrons. The zero-order valence-electron chi connectivity index (χ0n) is 16.0. The van der Waals surface area contributed by atoms with Gasteiger partial charge < -0.3 is 19.0 Å². The van der Waals surface area contributed by atoms with Crippen LogP contribution in [0.5, 0.6) is 11.5 Å². The lowest BCUT2D eigenvalue weighted by Gasteiger charge is -2.12. The van der Waals surface area contributed by atoms with Crippen molar-refractivity contribution in [3.05, 3.63) is 30.5 Å². The van der Waals surface area contributed by atoms with E-state index in [1.807, 2.05) is 32.1 Å². The van der Waals surface area contributed by atoms with Gasteiger partial charge in [0.05, 0.1) is 31.3 Å². The Morgan fingerprint density at radius 2 is 1.61 bits per heavy atom. The average molecular weight is 651 g/mol. The normalized spacial score (nSPS) is 10.4. The maximum Gasteiger partial charge on any atom is 0.147 e. The second-order valence-electron chi connectivity index (χ2n) is 5.91. The van der Waals surface area contributed by atoms with Crippen molar-refractivity contribution in [1.82, 2.24) is 0 Å². The number of oxime groups is 1. The van der Waals surface area contributed by atoms with Crippen LogP contribution in [0.3, 0.4) is 0 Å². The standard InChI is InChI=1S/C19H25Br4NO4/c1-14(2)24-28-11-10-25-7-4-3-5-8-27-19-16(20)12-15(13-17(19)21)26-9-6-18(22)23/h6,12-13H,3-5,7-11H2,1-2H3. The minimum Gasteiger partial charge on any atom is -0.491 e. The van der Waals surface area contributed by atoms with Gasteiger partial charge in [-0.05, 0) is 115 Å². The van der Waals surface area contributed by atoms with E-state index in [-0.39, 0.29) is 0 Å². The van der Waals surface area contributed by atoms with Gasteiger partial charge in [-0.3, -0.25) is 0 Å². The molecule has 0 saturated heterocycles. The molecule has 5 nitrogen and oxygen atoms in total. The summed E-state index contributed by atoms with van der Waals surface area (Å²) in [6.45, 7) is 6.66. The predicted octanol–water partition coefficient (Wildman–Crippen LogP) is 7.20. The van der Waals surface area contributed by atoms with Crippen molar-refractivity contribution < 1.29 is 19.0 Å². The monoisotopic (exact) mass is 647 g/mol. The van der Waals surface area contributed by atoms with E-state index in [1.165, 1.54) is 0 Å². The summed E-state index contributed by atoms with van der Waals surface area (Å²) in [5.74, 6) is 1.54. The fourth-order valence-corrected chi connectivity index (χ4v) is 3.63. The summed E-state index contributed by atoms with van der Waals surface area (Å²) in [4.78, 5) is 5.07. The van der Waals surface area contributed by atoms with E-state index in [0.717, 1.165) is 55.4 Å². The Morgan fingerprint density at radius 1 is 0.929 bits per heavy atom. The predicted molar refractivity (Wildman–Crippen MR) is 128 cm³/mol. The van der Waals surface area contributed by atoms with Crippen molar-refractivity contribution in [1.29, 1.82) is 0 Å². The van der Waals surface area contributed by atoms with Crippen molar-refractivity contribution >= 4 is 69.4 Å². The lowest BCUT2D eigenvalue weighted by Crippen LogP contribution is -2.04. The number of hydrogen-bond donors (Lipinski definition) is 0. The molecule has 0 radical (unpaired) electrons. The maximum atomic E-state index is 5.90. The van der Waals surface area contributed by atoms with Crippen LogP contribution in [0.2, 0.25) is 0 Å². The largest absolute Gasteiger partial charge is 0.491 e. The average Bonchev–Trinajstić information content (AvgIpc) is 2.61. The molecular formula is C19H25Br4NO4. The minimum atomic E-state index is 0.463. The van der Waals surface area contributed by atoms with Gasteiger partial charge in [0.2, 0.25) is 0 Å². The molecule has 0 aliphatic carbocycles. The first-order valence-corrected chi connectivity index (χ1v) is 12.0. The molecule has 0 atom stereocenters. The van der Waals surface area contributed by atoms with Crippen molar-refractivity contribution in [2.75, 3.05) is 33.0 Å². The molecule has 0 unspecified atom stereocenters. The third kappa shape index (κ3) is 12.5. The maximum absolute atomic E-state index is 5.90. The summed E-state index contributed by atoms with van der Waals surface area (Å²) in [5.41, 5.74) is 0.903. The number of rotatable bonds is 14. The molecule has 28 heavy (non-hydrogen) atoms. The first-order valence-electron chi connectivity index (χ1n) is 8.87. The van der Waals surface area contributed by atoms with Crippen LogP contribution in [-0.4, -0.2) is 38.7 Å². The molecule has 0 saturated carbocycles. The molecule has 0 amide bonds. The van der Waals surface area contributed by atoms with Gasteiger partial charge >= 0.3 is 0 Å². The Balaban J connectivity index is 2.19. The first kappa shape index (κ1) is 25.9. The second kappa shape index (κ2) is 15.7. The van der Waals surface area contributed by atoms with Gasteiger partial charge in [0, 0.05) is 6.61 Å². The molecule has 0 spiro atoms. The van der Waals surface area contributed by atoms with E-state index >= 15 is 0 Å². The molecule has 9 heteroatoms. The topological polar surface area (TPSA) is 49.3 Å². The zero-order valence-corrected chi connectivity index (χ0v) is 22.3. The number of ether oxygens (including phenoxy) is 3. The molecule has 0 N–H and O–H groups in total. The van der Waals surface area contributed by atoms with E-state index in [1.54, 1.807) is 0 Å². The molecule has 0 aliphatic heterocycles. The fourth-order valence-electron chi connectivity index (χ4n) is 1.99. The molecule has 0 aliphatic rings. The van der Waals surface area contributed by atoms with Gasteiger partial charge in [0.1, 0.15) is 24.7 Å². The van der Waals surface area contributed by atoms with Crippen molar-refractivity contribution in [2.45, 2.75) is 33.1 Å².